The molecule has 28 heavy (non-hydrogen) atoms. The van der Waals surface area contributed by atoms with E-state index in [1.54, 1.807) is 0 Å². The summed E-state index contributed by atoms with van der Waals surface area (Å²) in [7, 11) is 0. The molecule has 0 saturated heterocycles. The predicted octanol–water partition coefficient (Wildman–Crippen LogP) is 5.85. The number of ether oxygens (including phenoxy) is 1. The smallest absolute Gasteiger partial charge is 0.460 e. The summed E-state index contributed by atoms with van der Waals surface area (Å²) in [6.07, 6.45) is -6.66. The van der Waals surface area contributed by atoms with Gasteiger partial charge < -0.3 is 4.74 Å². The highest BCUT2D eigenvalue weighted by Crippen LogP contribution is 2.60. The van der Waals surface area contributed by atoms with E-state index in [0.29, 0.717) is 0 Å². The van der Waals surface area contributed by atoms with E-state index in [9.17, 15) is 57.1 Å². The van der Waals surface area contributed by atoms with Crippen LogP contribution in [0.3, 0.4) is 0 Å². The molecule has 0 unspecified atom stereocenters. The average molecular weight is 462 g/mol. The topological polar surface area (TPSA) is 22.1 Å². The average Bonchev–Trinajstić information content (AvgIpc) is 2.52. The van der Waals surface area contributed by atoms with Gasteiger partial charge in [0.1, 0.15) is 5.02 Å². The summed E-state index contributed by atoms with van der Waals surface area (Å²) >= 11 is 5.33. The maximum Gasteiger partial charge on any atom is 0.460 e. The lowest BCUT2D eigenvalue weighted by molar-refractivity contribution is -0.440. The van der Waals surface area contributed by atoms with Crippen LogP contribution in [0, 0.1) is 0 Å². The zero-order valence-corrected chi connectivity index (χ0v) is 13.3. The lowest BCUT2D eigenvalue weighted by Gasteiger charge is -2.39. The van der Waals surface area contributed by atoms with Crippen LogP contribution < -0.4 is 4.74 Å². The van der Waals surface area contributed by atoms with Crippen LogP contribution in [0.5, 0.6) is 5.88 Å². The minimum absolute atomic E-state index is 0.623. The third-order valence-corrected chi connectivity index (χ3v) is 3.40. The Bertz CT molecular complexity index is 703. The minimum Gasteiger partial charge on any atom is -0.470 e. The third kappa shape index (κ3) is 3.64. The number of alkyl halides is 13. The zero-order chi connectivity index (χ0) is 22.4. The molecule has 0 aromatic carbocycles. The Morgan fingerprint density at radius 2 is 1.21 bits per heavy atom. The number of nitrogens with zero attached hydrogens (tertiary/aromatic N) is 1. The van der Waals surface area contributed by atoms with Crippen molar-refractivity contribution < 1.29 is 61.8 Å². The molecule has 2 nitrogen and oxygen atoms in total. The highest BCUT2D eigenvalue weighted by Gasteiger charge is 2.90. The van der Waals surface area contributed by atoms with E-state index in [1.807, 2.05) is 0 Å². The molecule has 0 N–H and O–H groups in total. The molecule has 0 aliphatic heterocycles. The van der Waals surface area contributed by atoms with Crippen LogP contribution in [0.15, 0.2) is 18.3 Å². The Morgan fingerprint density at radius 1 is 0.750 bits per heavy atom. The lowest BCUT2D eigenvalue weighted by Crippen LogP contribution is -2.70. The normalized spacial score (nSPS) is 14.9. The maximum absolute atomic E-state index is 13.4. The molecule has 0 fully saturated rings. The van der Waals surface area contributed by atoms with E-state index in [1.165, 1.54) is 0 Å². The number of halogens is 14. The number of aromatic nitrogens is 1. The van der Waals surface area contributed by atoms with Crippen LogP contribution in [-0.2, 0) is 0 Å². The fourth-order valence-electron chi connectivity index (χ4n) is 1.53. The van der Waals surface area contributed by atoms with E-state index in [0.717, 1.165) is 18.3 Å². The Morgan fingerprint density at radius 3 is 1.64 bits per heavy atom. The second-order valence-electron chi connectivity index (χ2n) is 5.08. The first-order valence-corrected chi connectivity index (χ1v) is 6.81. The van der Waals surface area contributed by atoms with Gasteiger partial charge in [-0.15, -0.1) is 0 Å². The Kier molecular flexibility index (Phi) is 6.08. The van der Waals surface area contributed by atoms with Crippen LogP contribution in [0.2, 0.25) is 5.02 Å². The number of hydrogen-bond acceptors (Lipinski definition) is 2. The van der Waals surface area contributed by atoms with Crippen molar-refractivity contribution in [1.29, 1.82) is 0 Å². The molecule has 1 rings (SSSR count). The van der Waals surface area contributed by atoms with Crippen molar-refractivity contribution >= 4 is 11.6 Å². The number of hydrogen-bond donors (Lipinski definition) is 0. The summed E-state index contributed by atoms with van der Waals surface area (Å²) in [5, 5.41) is -0.623. The first kappa shape index (κ1) is 24.4. The SMILES string of the molecule is FC(F)(F)C(F)(F)C(F)(F)C(F)(F)C(F)(F)C(F)(F)COc1ncccc1Cl. The van der Waals surface area contributed by atoms with E-state index >= 15 is 0 Å². The van der Waals surface area contributed by atoms with Crippen LogP contribution in [0.4, 0.5) is 57.1 Å². The van der Waals surface area contributed by atoms with Gasteiger partial charge in [-0.1, -0.05) is 11.6 Å². The van der Waals surface area contributed by atoms with Gasteiger partial charge in [0.05, 0.1) is 0 Å². The molecular weight excluding hydrogens is 457 g/mol. The van der Waals surface area contributed by atoms with Crippen molar-refractivity contribution in [3.63, 3.8) is 0 Å². The summed E-state index contributed by atoms with van der Waals surface area (Å²) in [5.74, 6) is -38.4. The summed E-state index contributed by atoms with van der Waals surface area (Å²) in [6, 6.07) is 1.97. The molecule has 0 radical (unpaired) electrons. The van der Waals surface area contributed by atoms with Gasteiger partial charge in [-0.25, -0.2) is 4.98 Å². The molecule has 0 bridgehead atoms. The van der Waals surface area contributed by atoms with Crippen LogP contribution in [0.1, 0.15) is 0 Å². The van der Waals surface area contributed by atoms with Gasteiger partial charge >= 0.3 is 35.8 Å². The van der Waals surface area contributed by atoms with Gasteiger partial charge in [0.25, 0.3) is 0 Å². The largest absolute Gasteiger partial charge is 0.470 e. The minimum atomic E-state index is -7.95. The monoisotopic (exact) mass is 461 g/mol. The standard InChI is InChI=1S/C12H5ClF13NO/c13-5-2-1-3-27-6(5)28-4-7(14,15)8(16,17)9(18,19)10(20,21)11(22,23)12(24,25)26/h1-3H,4H2. The molecule has 1 heterocycles. The Labute approximate surface area is 151 Å². The highest BCUT2D eigenvalue weighted by molar-refractivity contribution is 6.31. The summed E-state index contributed by atoms with van der Waals surface area (Å²) < 4.78 is 171. The molecule has 1 aromatic rings. The molecule has 1 aromatic heterocycles. The van der Waals surface area contributed by atoms with Crippen molar-refractivity contribution in [3.05, 3.63) is 23.4 Å². The number of pyridine rings is 1. The van der Waals surface area contributed by atoms with Gasteiger partial charge in [0.15, 0.2) is 6.61 Å². The highest BCUT2D eigenvalue weighted by atomic mass is 35.5. The summed E-state index contributed by atoms with van der Waals surface area (Å²) in [6.45, 7) is -2.86. The molecule has 0 aliphatic rings. The van der Waals surface area contributed by atoms with Crippen LogP contribution in [0.25, 0.3) is 0 Å². The van der Waals surface area contributed by atoms with E-state index in [-0.39, 0.29) is 0 Å². The summed E-state index contributed by atoms with van der Waals surface area (Å²) in [4.78, 5) is 3.11. The molecular formula is C12H5ClF13NO. The number of rotatable bonds is 7. The zero-order valence-electron chi connectivity index (χ0n) is 12.6. The second-order valence-corrected chi connectivity index (χ2v) is 5.49. The fraction of sp³-hybridized carbons (Fsp3) is 0.583. The van der Waals surface area contributed by atoms with Gasteiger partial charge in [-0.05, 0) is 12.1 Å². The molecule has 16 heteroatoms. The first-order valence-electron chi connectivity index (χ1n) is 6.43. The van der Waals surface area contributed by atoms with E-state index in [4.69, 9.17) is 11.6 Å². The molecule has 0 aliphatic carbocycles. The van der Waals surface area contributed by atoms with Gasteiger partial charge in [-0.3, -0.25) is 0 Å². The van der Waals surface area contributed by atoms with Gasteiger partial charge in [0, 0.05) is 6.20 Å². The van der Waals surface area contributed by atoms with Crippen molar-refractivity contribution in [2.24, 2.45) is 0 Å². The Hall–Kier alpha value is -1.67. The fourth-order valence-corrected chi connectivity index (χ4v) is 1.71. The lowest BCUT2D eigenvalue weighted by atomic mass is 9.94. The van der Waals surface area contributed by atoms with Crippen molar-refractivity contribution in [1.82, 2.24) is 4.98 Å². The molecule has 0 atom stereocenters. The predicted molar refractivity (Wildman–Crippen MR) is 65.5 cm³/mol. The van der Waals surface area contributed by atoms with Crippen molar-refractivity contribution in [3.8, 4) is 5.88 Å². The molecule has 0 spiro atoms. The quantitative estimate of drug-likeness (QED) is 0.475. The van der Waals surface area contributed by atoms with E-state index in [2.05, 4.69) is 9.72 Å². The molecule has 162 valence electrons. The molecule has 0 saturated carbocycles. The Balaban J connectivity index is 3.27. The van der Waals surface area contributed by atoms with Crippen LogP contribution in [-0.4, -0.2) is 47.4 Å². The van der Waals surface area contributed by atoms with Gasteiger partial charge in [-0.2, -0.15) is 57.1 Å². The second kappa shape index (κ2) is 6.99. The first-order chi connectivity index (χ1) is 12.2. The van der Waals surface area contributed by atoms with Crippen LogP contribution >= 0.6 is 11.6 Å². The summed E-state index contributed by atoms with van der Waals surface area (Å²) in [5.41, 5.74) is 0. The van der Waals surface area contributed by atoms with Gasteiger partial charge in [0.2, 0.25) is 5.88 Å². The molecule has 0 amide bonds. The van der Waals surface area contributed by atoms with E-state index < -0.39 is 53.3 Å². The van der Waals surface area contributed by atoms with Crippen molar-refractivity contribution in [2.45, 2.75) is 35.8 Å². The van der Waals surface area contributed by atoms with Crippen molar-refractivity contribution in [2.75, 3.05) is 6.61 Å². The third-order valence-electron chi connectivity index (χ3n) is 3.11. The maximum atomic E-state index is 13.4.